The lowest BCUT2D eigenvalue weighted by atomic mass is 10.2. The Balaban J connectivity index is 2.37. The Morgan fingerprint density at radius 1 is 1.42 bits per heavy atom. The zero-order valence-corrected chi connectivity index (χ0v) is 11.6. The molecule has 0 atom stereocenters. The highest BCUT2D eigenvalue weighted by molar-refractivity contribution is 5.91. The Kier molecular flexibility index (Phi) is 6.29. The van der Waals surface area contributed by atoms with Gasteiger partial charge in [-0.15, -0.1) is 0 Å². The van der Waals surface area contributed by atoms with Crippen molar-refractivity contribution in [3.05, 3.63) is 24.0 Å². The van der Waals surface area contributed by atoms with Crippen LogP contribution in [0.2, 0.25) is 0 Å². The molecular formula is C14H22FN3O. The van der Waals surface area contributed by atoms with Crippen molar-refractivity contribution in [2.75, 3.05) is 31.2 Å². The van der Waals surface area contributed by atoms with E-state index >= 15 is 0 Å². The molecule has 0 heterocycles. The van der Waals surface area contributed by atoms with Gasteiger partial charge in [0.05, 0.1) is 5.69 Å². The molecule has 0 aromatic heterocycles. The summed E-state index contributed by atoms with van der Waals surface area (Å²) in [5, 5.41) is 2.54. The zero-order chi connectivity index (χ0) is 14.3. The first-order valence-electron chi connectivity index (χ1n) is 6.56. The summed E-state index contributed by atoms with van der Waals surface area (Å²) in [6.07, 6.45) is 2.23. The van der Waals surface area contributed by atoms with Gasteiger partial charge in [-0.1, -0.05) is 6.92 Å². The number of hydrogen-bond donors (Lipinski definition) is 2. The standard InChI is InChI=1S/C14H22FN3O/c1-3-8-18(2)9-4-5-14(19)17-13-10-11(16)6-7-12(13)15/h6-7,10H,3-5,8-9,16H2,1-2H3,(H,17,19). The average molecular weight is 267 g/mol. The van der Waals surface area contributed by atoms with Crippen LogP contribution in [-0.4, -0.2) is 30.9 Å². The highest BCUT2D eigenvalue weighted by Gasteiger charge is 2.07. The summed E-state index contributed by atoms with van der Waals surface area (Å²) in [5.74, 6) is -0.653. The maximum atomic E-state index is 13.4. The van der Waals surface area contributed by atoms with Crippen molar-refractivity contribution in [3.8, 4) is 0 Å². The van der Waals surface area contributed by atoms with E-state index in [0.717, 1.165) is 25.9 Å². The lowest BCUT2D eigenvalue weighted by Gasteiger charge is -2.14. The number of rotatable bonds is 7. The van der Waals surface area contributed by atoms with E-state index in [0.29, 0.717) is 12.1 Å². The van der Waals surface area contributed by atoms with E-state index in [4.69, 9.17) is 5.73 Å². The van der Waals surface area contributed by atoms with Crippen LogP contribution in [0.4, 0.5) is 15.8 Å². The molecule has 0 fully saturated rings. The second-order valence-corrected chi connectivity index (χ2v) is 4.69. The minimum Gasteiger partial charge on any atom is -0.399 e. The molecule has 0 unspecified atom stereocenters. The molecule has 0 saturated carbocycles. The first kappa shape index (κ1) is 15.4. The molecule has 0 aliphatic rings. The molecule has 0 saturated heterocycles. The van der Waals surface area contributed by atoms with Gasteiger partial charge in [-0.05, 0) is 51.2 Å². The second kappa shape index (κ2) is 7.74. The van der Waals surface area contributed by atoms with Gasteiger partial charge in [0.25, 0.3) is 0 Å². The first-order chi connectivity index (χ1) is 9.02. The third-order valence-corrected chi connectivity index (χ3v) is 2.81. The largest absolute Gasteiger partial charge is 0.399 e. The van der Waals surface area contributed by atoms with E-state index in [1.807, 2.05) is 7.05 Å². The molecule has 4 nitrogen and oxygen atoms in total. The number of halogens is 1. The molecule has 1 amide bonds. The van der Waals surface area contributed by atoms with Crippen molar-refractivity contribution in [2.45, 2.75) is 26.2 Å². The third-order valence-electron chi connectivity index (χ3n) is 2.81. The molecule has 0 radical (unpaired) electrons. The van der Waals surface area contributed by atoms with Crippen molar-refractivity contribution in [1.82, 2.24) is 4.90 Å². The Labute approximate surface area is 113 Å². The summed E-state index contributed by atoms with van der Waals surface area (Å²) in [5.41, 5.74) is 6.13. The Morgan fingerprint density at radius 3 is 2.84 bits per heavy atom. The van der Waals surface area contributed by atoms with Crippen LogP contribution in [0, 0.1) is 5.82 Å². The summed E-state index contributed by atoms with van der Waals surface area (Å²) >= 11 is 0. The van der Waals surface area contributed by atoms with Gasteiger partial charge >= 0.3 is 0 Å². The first-order valence-corrected chi connectivity index (χ1v) is 6.56. The zero-order valence-electron chi connectivity index (χ0n) is 11.6. The van der Waals surface area contributed by atoms with Crippen LogP contribution in [0.3, 0.4) is 0 Å². The molecule has 1 aromatic carbocycles. The molecule has 0 aliphatic heterocycles. The van der Waals surface area contributed by atoms with E-state index in [9.17, 15) is 9.18 Å². The average Bonchev–Trinajstić information content (AvgIpc) is 2.34. The fourth-order valence-corrected chi connectivity index (χ4v) is 1.85. The molecule has 0 bridgehead atoms. The van der Waals surface area contributed by atoms with E-state index in [1.54, 1.807) is 0 Å². The summed E-state index contributed by atoms with van der Waals surface area (Å²) in [4.78, 5) is 13.9. The van der Waals surface area contributed by atoms with E-state index in [2.05, 4.69) is 17.1 Å². The van der Waals surface area contributed by atoms with Crippen LogP contribution in [0.1, 0.15) is 26.2 Å². The molecule has 0 aliphatic carbocycles. The number of anilines is 2. The van der Waals surface area contributed by atoms with Crippen LogP contribution in [0.25, 0.3) is 0 Å². The molecule has 19 heavy (non-hydrogen) atoms. The summed E-state index contributed by atoms with van der Waals surface area (Å²) in [6.45, 7) is 4.00. The lowest BCUT2D eigenvalue weighted by Crippen LogP contribution is -2.22. The lowest BCUT2D eigenvalue weighted by molar-refractivity contribution is -0.116. The predicted molar refractivity (Wildman–Crippen MR) is 76.5 cm³/mol. The van der Waals surface area contributed by atoms with Gasteiger partial charge in [-0.3, -0.25) is 4.79 Å². The van der Waals surface area contributed by atoms with Gasteiger partial charge in [0.15, 0.2) is 0 Å². The number of nitrogens with zero attached hydrogens (tertiary/aromatic N) is 1. The summed E-state index contributed by atoms with van der Waals surface area (Å²) < 4.78 is 13.4. The summed E-state index contributed by atoms with van der Waals surface area (Å²) in [6, 6.07) is 4.14. The smallest absolute Gasteiger partial charge is 0.224 e. The minimum atomic E-state index is -0.467. The van der Waals surface area contributed by atoms with Crippen molar-refractivity contribution in [3.63, 3.8) is 0 Å². The highest BCUT2D eigenvalue weighted by Crippen LogP contribution is 2.17. The van der Waals surface area contributed by atoms with E-state index in [-0.39, 0.29) is 11.6 Å². The molecule has 1 rings (SSSR count). The maximum Gasteiger partial charge on any atom is 0.224 e. The molecule has 5 heteroatoms. The fraction of sp³-hybridized carbons (Fsp3) is 0.500. The number of nitrogens with two attached hydrogens (primary N) is 1. The van der Waals surface area contributed by atoms with E-state index < -0.39 is 5.82 Å². The molecule has 106 valence electrons. The van der Waals surface area contributed by atoms with Crippen LogP contribution in [0.5, 0.6) is 0 Å². The highest BCUT2D eigenvalue weighted by atomic mass is 19.1. The number of nitrogens with one attached hydrogen (secondary N) is 1. The van der Waals surface area contributed by atoms with Gasteiger partial charge in [0, 0.05) is 12.1 Å². The Bertz CT molecular complexity index is 423. The third kappa shape index (κ3) is 5.70. The van der Waals surface area contributed by atoms with Gasteiger partial charge in [-0.2, -0.15) is 0 Å². The number of carbonyl (C=O) groups is 1. The van der Waals surface area contributed by atoms with Crippen LogP contribution in [0.15, 0.2) is 18.2 Å². The SMILES string of the molecule is CCCN(C)CCCC(=O)Nc1cc(N)ccc1F. The molecule has 3 N–H and O–H groups in total. The fourth-order valence-electron chi connectivity index (χ4n) is 1.85. The maximum absolute atomic E-state index is 13.4. The van der Waals surface area contributed by atoms with E-state index in [1.165, 1.54) is 18.2 Å². The number of hydrogen-bond acceptors (Lipinski definition) is 3. The number of carbonyl (C=O) groups excluding carboxylic acids is 1. The summed E-state index contributed by atoms with van der Waals surface area (Å²) in [7, 11) is 2.03. The Morgan fingerprint density at radius 2 is 2.16 bits per heavy atom. The van der Waals surface area contributed by atoms with Crippen LogP contribution < -0.4 is 11.1 Å². The van der Waals surface area contributed by atoms with Crippen molar-refractivity contribution in [2.24, 2.45) is 0 Å². The van der Waals surface area contributed by atoms with Crippen molar-refractivity contribution in [1.29, 1.82) is 0 Å². The van der Waals surface area contributed by atoms with Crippen LogP contribution >= 0.6 is 0 Å². The minimum absolute atomic E-state index is 0.145. The van der Waals surface area contributed by atoms with Crippen molar-refractivity contribution < 1.29 is 9.18 Å². The van der Waals surface area contributed by atoms with Gasteiger partial charge in [0.1, 0.15) is 5.82 Å². The monoisotopic (exact) mass is 267 g/mol. The number of nitrogen functional groups attached to an aromatic ring is 1. The van der Waals surface area contributed by atoms with Crippen LogP contribution in [-0.2, 0) is 4.79 Å². The van der Waals surface area contributed by atoms with Gasteiger partial charge in [-0.25, -0.2) is 4.39 Å². The quantitative estimate of drug-likeness (QED) is 0.746. The number of amides is 1. The molecule has 1 aromatic rings. The van der Waals surface area contributed by atoms with Gasteiger partial charge < -0.3 is 16.0 Å². The molecular weight excluding hydrogens is 245 g/mol. The number of benzene rings is 1. The topological polar surface area (TPSA) is 58.4 Å². The normalized spacial score (nSPS) is 10.7. The molecule has 0 spiro atoms. The Hall–Kier alpha value is -1.62. The van der Waals surface area contributed by atoms with Gasteiger partial charge in [0.2, 0.25) is 5.91 Å². The van der Waals surface area contributed by atoms with Crippen molar-refractivity contribution >= 4 is 17.3 Å². The predicted octanol–water partition coefficient (Wildman–Crippen LogP) is 2.47. The second-order valence-electron chi connectivity index (χ2n) is 4.69.